The van der Waals surface area contributed by atoms with Gasteiger partial charge in [-0.1, -0.05) is 108 Å². The van der Waals surface area contributed by atoms with E-state index in [1.54, 1.807) is 74.5 Å². The van der Waals surface area contributed by atoms with Gasteiger partial charge in [-0.2, -0.15) is 0 Å². The van der Waals surface area contributed by atoms with Crippen LogP contribution in [0.3, 0.4) is 0 Å². The molecule has 2 saturated heterocycles. The monoisotopic (exact) mass is 1370 g/mol. The number of amides is 11. The average Bonchev–Trinajstić information content (AvgIpc) is 0.807. The van der Waals surface area contributed by atoms with Gasteiger partial charge in [-0.3, -0.25) is 57.6 Å². The quantitative estimate of drug-likeness (QED) is 0.0763. The van der Waals surface area contributed by atoms with Crippen molar-refractivity contribution in [3.8, 4) is 0 Å². The number of unbranched alkanes of at least 4 members (excludes halogenated alkanes) is 1. The molecule has 11 amide bonds. The first-order valence-corrected chi connectivity index (χ1v) is 35.2. The van der Waals surface area contributed by atoms with Crippen molar-refractivity contribution in [2.75, 3.05) is 88.3 Å². The summed E-state index contributed by atoms with van der Waals surface area (Å²) in [5.41, 5.74) is 0. The van der Waals surface area contributed by atoms with Crippen molar-refractivity contribution in [3.05, 3.63) is 24.8 Å². The number of aliphatic hydroxyl groups excluding tert-OH is 1. The first-order chi connectivity index (χ1) is 45.3. The van der Waals surface area contributed by atoms with Gasteiger partial charge in [0.25, 0.3) is 0 Å². The van der Waals surface area contributed by atoms with Crippen LogP contribution in [-0.2, 0) is 62.2 Å². The minimum Gasteiger partial charge on any atom is -0.390 e. The number of hydrogen-bond acceptors (Lipinski definition) is 15. The van der Waals surface area contributed by atoms with Crippen LogP contribution in [0.15, 0.2) is 24.8 Å². The van der Waals surface area contributed by atoms with Crippen LogP contribution >= 0.6 is 0 Å². The van der Waals surface area contributed by atoms with Gasteiger partial charge in [0.15, 0.2) is 0 Å². The number of nitrogens with zero attached hydrogens (tertiary/aromatic N) is 8. The van der Waals surface area contributed by atoms with E-state index >= 15 is 38.4 Å². The van der Waals surface area contributed by atoms with E-state index in [9.17, 15) is 19.5 Å². The van der Waals surface area contributed by atoms with Gasteiger partial charge < -0.3 is 70.1 Å². The maximum absolute atomic E-state index is 15.4. The molecule has 0 aliphatic carbocycles. The zero-order valence-corrected chi connectivity index (χ0v) is 63.1. The molecule has 5 N–H and O–H groups in total. The standard InChI is InChI=1S/C71H126N12O14/c1-25-31-47(15)60(84)59-64(88)74-51(27-3)66(90)83(32-26-2)52(28-4)67(91)80(23)58(50(18)97-36-30-29-33-82-34-37-96-38-35-82)63(87)75-56(45(11)12)70(94)76(19)53(39-42(5)6)62(86)72-48(16)61(85)73-49(17)65(89)77(20)54(40-43(7)8)68(92)78(21)55(41-44(9)10)69(93)79(22)57(46(13)14)71(95)81(59)24/h25-26,31,42-60,84H,2,27-30,32-41H2,1,3-24H3,(H,72,86)(H,73,85)(H,74,88)(H,75,87)/b31-25+/t47-,48+,49-,50-,51+,52-,53+,54+,55+,56+,57+,58?,59+,60-/m1/s1. The molecule has 0 saturated carbocycles. The Morgan fingerprint density at radius 2 is 1.00 bits per heavy atom. The summed E-state index contributed by atoms with van der Waals surface area (Å²) in [5.74, 6) is -10.3. The Labute approximate surface area is 580 Å². The van der Waals surface area contributed by atoms with E-state index < -0.39 is 161 Å². The lowest BCUT2D eigenvalue weighted by Crippen LogP contribution is -2.64. The minimum atomic E-state index is -1.68. The summed E-state index contributed by atoms with van der Waals surface area (Å²) in [7, 11) is 8.52. The van der Waals surface area contributed by atoms with Crippen LogP contribution in [-0.4, -0.2) is 276 Å². The van der Waals surface area contributed by atoms with E-state index in [1.807, 2.05) is 41.5 Å². The van der Waals surface area contributed by atoms with Gasteiger partial charge in [0.2, 0.25) is 65.0 Å². The first-order valence-electron chi connectivity index (χ1n) is 35.2. The van der Waals surface area contributed by atoms with Crippen molar-refractivity contribution in [1.29, 1.82) is 0 Å². The van der Waals surface area contributed by atoms with Crippen molar-refractivity contribution in [2.45, 2.75) is 241 Å². The second-order valence-corrected chi connectivity index (χ2v) is 28.7. The van der Waals surface area contributed by atoms with Gasteiger partial charge >= 0.3 is 0 Å². The molecule has 14 atom stereocenters. The third kappa shape index (κ3) is 24.4. The lowest BCUT2D eigenvalue weighted by Gasteiger charge is -2.41. The predicted molar refractivity (Wildman–Crippen MR) is 375 cm³/mol. The smallest absolute Gasteiger partial charge is 0.246 e. The van der Waals surface area contributed by atoms with Gasteiger partial charge in [-0.25, -0.2) is 0 Å². The molecule has 2 aliphatic rings. The van der Waals surface area contributed by atoms with Crippen LogP contribution in [0.4, 0.5) is 0 Å². The molecule has 554 valence electrons. The van der Waals surface area contributed by atoms with Gasteiger partial charge in [0.1, 0.15) is 66.5 Å². The van der Waals surface area contributed by atoms with Crippen LogP contribution in [0, 0.1) is 35.5 Å². The van der Waals surface area contributed by atoms with E-state index in [4.69, 9.17) is 9.47 Å². The third-order valence-corrected chi connectivity index (χ3v) is 18.7. The predicted octanol–water partition coefficient (Wildman–Crippen LogP) is 3.69. The number of carbonyl (C=O) groups is 11. The van der Waals surface area contributed by atoms with Crippen LogP contribution < -0.4 is 21.3 Å². The summed E-state index contributed by atoms with van der Waals surface area (Å²) < 4.78 is 11.9. The lowest BCUT2D eigenvalue weighted by atomic mass is 9.93. The topological polar surface area (TPSA) is 301 Å². The van der Waals surface area contributed by atoms with E-state index in [-0.39, 0.29) is 63.0 Å². The number of ether oxygens (including phenoxy) is 2. The highest BCUT2D eigenvalue weighted by Gasteiger charge is 2.47. The Bertz CT molecular complexity index is 2650. The van der Waals surface area contributed by atoms with Crippen molar-refractivity contribution in [2.24, 2.45) is 35.5 Å². The highest BCUT2D eigenvalue weighted by Crippen LogP contribution is 2.26. The van der Waals surface area contributed by atoms with Gasteiger partial charge in [0, 0.05) is 74.4 Å². The van der Waals surface area contributed by atoms with E-state index in [0.717, 1.165) is 31.0 Å². The molecule has 26 nitrogen and oxygen atoms in total. The number of morpholine rings is 1. The summed E-state index contributed by atoms with van der Waals surface area (Å²) in [5, 5.41) is 23.4. The SMILES string of the molecule is C=CCN1C(=O)[C@H](CC)NC(=O)[C@H]([C@H](O)[C@H](C)/C=C/C)N(C)C(=O)[C@H](C(C)C)N(C)C(=O)[C@H](CC(C)C)N(C)C(=O)[C@H](CC(C)C)N(C)C(=O)[C@@H](C)NC(=O)[C@H](C)NC(=O)[C@H](CC(C)C)N(C)C(=O)[C@H](C(C)C)NC(=O)C([C@@H](C)OCCCCN2CCOCC2)N(C)C(=O)[C@H]1CC. The molecular formula is C71H126N12O14. The van der Waals surface area contributed by atoms with E-state index in [2.05, 4.69) is 32.7 Å². The summed E-state index contributed by atoms with van der Waals surface area (Å²) >= 11 is 0. The third-order valence-electron chi connectivity index (χ3n) is 18.7. The van der Waals surface area contributed by atoms with Gasteiger partial charge in [-0.15, -0.1) is 6.58 Å². The Balaban J connectivity index is 3.09. The fourth-order valence-electron chi connectivity index (χ4n) is 12.8. The first kappa shape index (κ1) is 86.6. The number of nitrogens with one attached hydrogen (secondary N) is 4. The number of allylic oxidation sites excluding steroid dienone is 1. The van der Waals surface area contributed by atoms with Crippen LogP contribution in [0.1, 0.15) is 163 Å². The van der Waals surface area contributed by atoms with Crippen LogP contribution in [0.5, 0.6) is 0 Å². The molecule has 26 heteroatoms. The summed E-state index contributed by atoms with van der Waals surface area (Å²) in [4.78, 5) is 176. The fraction of sp³-hybridized carbons (Fsp3) is 0.789. The summed E-state index contributed by atoms with van der Waals surface area (Å²) in [6, 6.07) is -14.4. The molecule has 2 aliphatic heterocycles. The van der Waals surface area contributed by atoms with Crippen LogP contribution in [0.25, 0.3) is 0 Å². The summed E-state index contributed by atoms with van der Waals surface area (Å²) in [6.45, 7) is 36.9. The second kappa shape index (κ2) is 41.2. The molecule has 0 aromatic carbocycles. The fourth-order valence-corrected chi connectivity index (χ4v) is 12.8. The minimum absolute atomic E-state index is 0.00665. The van der Waals surface area contributed by atoms with Crippen molar-refractivity contribution >= 4 is 65.0 Å². The van der Waals surface area contributed by atoms with Crippen molar-refractivity contribution in [3.63, 3.8) is 0 Å². The van der Waals surface area contributed by atoms with Gasteiger partial charge in [0.05, 0.1) is 25.4 Å². The molecule has 0 bridgehead atoms. The van der Waals surface area contributed by atoms with Crippen molar-refractivity contribution < 1.29 is 67.3 Å². The number of likely N-dealkylation sites (N-methyl/N-ethyl adjacent to an activating group) is 6. The molecule has 0 radical (unpaired) electrons. The molecule has 2 fully saturated rings. The summed E-state index contributed by atoms with van der Waals surface area (Å²) in [6.07, 6.45) is 3.92. The highest BCUT2D eigenvalue weighted by molar-refractivity contribution is 6.00. The maximum atomic E-state index is 15.4. The average molecular weight is 1370 g/mol. The molecular weight excluding hydrogens is 1240 g/mol. The number of rotatable bonds is 22. The molecule has 0 aromatic rings. The molecule has 0 aromatic heterocycles. The molecule has 2 heterocycles. The van der Waals surface area contributed by atoms with E-state index in [0.29, 0.717) is 19.6 Å². The molecule has 1 unspecified atom stereocenters. The largest absolute Gasteiger partial charge is 0.390 e. The maximum Gasteiger partial charge on any atom is 0.246 e. The molecule has 0 spiro atoms. The van der Waals surface area contributed by atoms with Gasteiger partial charge in [-0.05, 0) is 109 Å². The van der Waals surface area contributed by atoms with Crippen molar-refractivity contribution in [1.82, 2.24) is 60.5 Å². The zero-order valence-electron chi connectivity index (χ0n) is 63.1. The number of carbonyl (C=O) groups excluding carboxylic acids is 11. The molecule has 2 rings (SSSR count). The normalized spacial score (nSPS) is 27.2. The lowest BCUT2D eigenvalue weighted by molar-refractivity contribution is -0.157. The number of aliphatic hydroxyl groups is 1. The zero-order chi connectivity index (χ0) is 74.2. The van der Waals surface area contributed by atoms with Crippen LogP contribution in [0.2, 0.25) is 0 Å². The Morgan fingerprint density at radius 3 is 1.49 bits per heavy atom. The Kier molecular flexibility index (Phi) is 36.7. The molecule has 97 heavy (non-hydrogen) atoms. The Morgan fingerprint density at radius 1 is 0.526 bits per heavy atom. The highest BCUT2D eigenvalue weighted by atomic mass is 16.5. The second-order valence-electron chi connectivity index (χ2n) is 28.7. The van der Waals surface area contributed by atoms with E-state index in [1.165, 1.54) is 91.6 Å². The number of hydrogen-bond donors (Lipinski definition) is 5. The Hall–Kier alpha value is -6.51.